The number of sulfone groups is 1. The summed E-state index contributed by atoms with van der Waals surface area (Å²) in [6, 6.07) is 21.8. The monoisotopic (exact) mass is 479 g/mol. The smallest absolute Gasteiger partial charge is 0.276 e. The lowest BCUT2D eigenvalue weighted by atomic mass is 10.2. The molecule has 1 aliphatic rings. The van der Waals surface area contributed by atoms with Gasteiger partial charge >= 0.3 is 0 Å². The van der Waals surface area contributed by atoms with Gasteiger partial charge in [-0.1, -0.05) is 24.3 Å². The van der Waals surface area contributed by atoms with Crippen LogP contribution in [-0.4, -0.2) is 35.6 Å². The summed E-state index contributed by atoms with van der Waals surface area (Å²) in [6.45, 7) is 0. The van der Waals surface area contributed by atoms with Crippen molar-refractivity contribution in [3.8, 4) is 22.1 Å². The van der Waals surface area contributed by atoms with E-state index < -0.39 is 9.84 Å². The first-order valence-electron chi connectivity index (χ1n) is 10.4. The number of hydrogen-bond acceptors (Lipinski definition) is 6. The Morgan fingerprint density at radius 2 is 1.79 bits per heavy atom. The van der Waals surface area contributed by atoms with E-state index in [1.165, 1.54) is 11.3 Å². The van der Waals surface area contributed by atoms with Gasteiger partial charge in [-0.25, -0.2) is 8.42 Å². The molecule has 33 heavy (non-hydrogen) atoms. The van der Waals surface area contributed by atoms with E-state index in [4.69, 9.17) is 4.74 Å². The predicted molar refractivity (Wildman–Crippen MR) is 129 cm³/mol. The molecule has 1 unspecified atom stereocenters. The van der Waals surface area contributed by atoms with E-state index in [1.807, 2.05) is 47.8 Å². The molecule has 168 valence electrons. The quantitative estimate of drug-likeness (QED) is 0.420. The zero-order valence-corrected chi connectivity index (χ0v) is 19.2. The third-order valence-electron chi connectivity index (χ3n) is 5.39. The van der Waals surface area contributed by atoms with Gasteiger partial charge in [0.15, 0.2) is 15.5 Å². The van der Waals surface area contributed by atoms with E-state index >= 15 is 0 Å². The molecular weight excluding hydrogens is 458 g/mol. The number of amides is 1. The summed E-state index contributed by atoms with van der Waals surface area (Å²) >= 11 is 1.52. The summed E-state index contributed by atoms with van der Waals surface area (Å²) in [7, 11) is -3.09. The van der Waals surface area contributed by atoms with Crippen molar-refractivity contribution in [2.75, 3.05) is 16.8 Å². The number of aromatic nitrogens is 2. The molecule has 9 heteroatoms. The molecule has 7 nitrogen and oxygen atoms in total. The molecule has 0 saturated carbocycles. The molecule has 0 radical (unpaired) electrons. The van der Waals surface area contributed by atoms with Gasteiger partial charge in [0.25, 0.3) is 5.91 Å². The van der Waals surface area contributed by atoms with Crippen LogP contribution >= 0.6 is 11.3 Å². The topological polar surface area (TPSA) is 90.3 Å². The Labute approximate surface area is 195 Å². The number of carbonyl (C=O) groups is 1. The van der Waals surface area contributed by atoms with Crippen LogP contribution in [0.5, 0.6) is 11.5 Å². The maximum Gasteiger partial charge on any atom is 0.276 e. The molecule has 1 aliphatic heterocycles. The largest absolute Gasteiger partial charge is 0.457 e. The van der Waals surface area contributed by atoms with Crippen molar-refractivity contribution < 1.29 is 17.9 Å². The summed E-state index contributed by atoms with van der Waals surface area (Å²) < 4.78 is 31.5. The molecule has 2 aromatic heterocycles. The fraction of sp³-hybridized carbons (Fsp3) is 0.167. The molecule has 0 bridgehead atoms. The minimum atomic E-state index is -3.09. The van der Waals surface area contributed by atoms with E-state index in [0.717, 1.165) is 16.3 Å². The average molecular weight is 480 g/mol. The molecule has 1 fully saturated rings. The van der Waals surface area contributed by atoms with Gasteiger partial charge in [-0.15, -0.1) is 11.3 Å². The van der Waals surface area contributed by atoms with Crippen LogP contribution in [0.3, 0.4) is 0 Å². The number of thiophene rings is 1. The highest BCUT2D eigenvalue weighted by Gasteiger charge is 2.32. The summed E-state index contributed by atoms with van der Waals surface area (Å²) in [6.07, 6.45) is 0.492. The van der Waals surface area contributed by atoms with Gasteiger partial charge in [0.05, 0.1) is 28.1 Å². The highest BCUT2D eigenvalue weighted by molar-refractivity contribution is 7.91. The fourth-order valence-electron chi connectivity index (χ4n) is 3.79. The lowest BCUT2D eigenvalue weighted by molar-refractivity contribution is 0.102. The molecule has 1 N–H and O–H groups in total. The SMILES string of the molecule is O=C(Nc1ccc(Oc2ccccc2)cc1)c1cc(-c2cccs2)n(C2CCS(=O)(=O)C2)n1. The zero-order valence-electron chi connectivity index (χ0n) is 17.5. The Morgan fingerprint density at radius 1 is 1.03 bits per heavy atom. The first-order chi connectivity index (χ1) is 16.0. The normalized spacial score (nSPS) is 17.0. The van der Waals surface area contributed by atoms with Crippen LogP contribution in [0.1, 0.15) is 23.0 Å². The number of ether oxygens (including phenoxy) is 1. The maximum absolute atomic E-state index is 12.9. The number of para-hydroxylation sites is 1. The van der Waals surface area contributed by atoms with Gasteiger partial charge < -0.3 is 10.1 Å². The summed E-state index contributed by atoms with van der Waals surface area (Å²) in [4.78, 5) is 13.9. The standard InChI is InChI=1S/C24H21N3O4S2/c28-24(25-17-8-10-20(11-9-17)31-19-5-2-1-3-6-19)21-15-22(23-7-4-13-32-23)27(26-21)18-12-14-33(29,30)16-18/h1-11,13,15,18H,12,14,16H2,(H,25,28). The molecule has 1 amide bonds. The zero-order chi connectivity index (χ0) is 22.8. The second-order valence-electron chi connectivity index (χ2n) is 7.79. The molecule has 1 saturated heterocycles. The van der Waals surface area contributed by atoms with E-state index in [9.17, 15) is 13.2 Å². The second-order valence-corrected chi connectivity index (χ2v) is 11.0. The number of benzene rings is 2. The lowest BCUT2D eigenvalue weighted by Gasteiger charge is -2.12. The number of rotatable bonds is 6. The Morgan fingerprint density at radius 3 is 2.45 bits per heavy atom. The van der Waals surface area contributed by atoms with E-state index in [2.05, 4.69) is 10.4 Å². The Hall–Kier alpha value is -3.43. The van der Waals surface area contributed by atoms with Crippen molar-refractivity contribution in [2.24, 2.45) is 0 Å². The van der Waals surface area contributed by atoms with Crippen LogP contribution in [0, 0.1) is 0 Å². The van der Waals surface area contributed by atoms with Crippen molar-refractivity contribution in [3.63, 3.8) is 0 Å². The number of nitrogens with one attached hydrogen (secondary N) is 1. The number of carbonyl (C=O) groups excluding carboxylic acids is 1. The van der Waals surface area contributed by atoms with Crippen molar-refractivity contribution >= 4 is 32.8 Å². The molecule has 4 aromatic rings. The van der Waals surface area contributed by atoms with Gasteiger partial charge in [0.2, 0.25) is 0 Å². The third-order valence-corrected chi connectivity index (χ3v) is 8.03. The Balaban J connectivity index is 1.35. The molecule has 2 aromatic carbocycles. The lowest BCUT2D eigenvalue weighted by Crippen LogP contribution is -2.16. The van der Waals surface area contributed by atoms with Gasteiger partial charge in [0.1, 0.15) is 11.5 Å². The summed E-state index contributed by atoms with van der Waals surface area (Å²) in [5, 5.41) is 9.30. The second kappa shape index (κ2) is 8.84. The van der Waals surface area contributed by atoms with Crippen LogP contribution in [0.4, 0.5) is 5.69 Å². The number of hydrogen-bond donors (Lipinski definition) is 1. The minimum Gasteiger partial charge on any atom is -0.457 e. The van der Waals surface area contributed by atoms with Crippen LogP contribution in [-0.2, 0) is 9.84 Å². The van der Waals surface area contributed by atoms with Crippen LogP contribution in [0.2, 0.25) is 0 Å². The Bertz CT molecular complexity index is 1360. The number of anilines is 1. The van der Waals surface area contributed by atoms with Gasteiger partial charge in [-0.3, -0.25) is 9.48 Å². The van der Waals surface area contributed by atoms with E-state index in [0.29, 0.717) is 17.9 Å². The highest BCUT2D eigenvalue weighted by Crippen LogP contribution is 2.32. The summed E-state index contributed by atoms with van der Waals surface area (Å²) in [5.41, 5.74) is 1.60. The van der Waals surface area contributed by atoms with Gasteiger partial charge in [0, 0.05) is 5.69 Å². The van der Waals surface area contributed by atoms with Crippen molar-refractivity contribution in [2.45, 2.75) is 12.5 Å². The van der Waals surface area contributed by atoms with Crippen LogP contribution in [0.15, 0.2) is 78.2 Å². The molecular formula is C24H21N3O4S2. The van der Waals surface area contributed by atoms with Gasteiger partial charge in [-0.05, 0) is 60.3 Å². The Kier molecular flexibility index (Phi) is 5.74. The van der Waals surface area contributed by atoms with Crippen molar-refractivity contribution in [3.05, 3.63) is 83.9 Å². The van der Waals surface area contributed by atoms with E-state index in [1.54, 1.807) is 35.0 Å². The maximum atomic E-state index is 12.9. The van der Waals surface area contributed by atoms with Crippen molar-refractivity contribution in [1.29, 1.82) is 0 Å². The fourth-order valence-corrected chi connectivity index (χ4v) is 6.21. The molecule has 0 spiro atoms. The first-order valence-corrected chi connectivity index (χ1v) is 13.2. The minimum absolute atomic E-state index is 0.0387. The summed E-state index contributed by atoms with van der Waals surface area (Å²) in [5.74, 6) is 1.21. The predicted octanol–water partition coefficient (Wildman–Crippen LogP) is 5.02. The molecule has 0 aliphatic carbocycles. The molecule has 5 rings (SSSR count). The first kappa shape index (κ1) is 21.4. The average Bonchev–Trinajstić information content (AvgIpc) is 3.55. The highest BCUT2D eigenvalue weighted by atomic mass is 32.2. The van der Waals surface area contributed by atoms with Crippen LogP contribution in [0.25, 0.3) is 10.6 Å². The molecule has 3 heterocycles. The molecule has 1 atom stereocenters. The van der Waals surface area contributed by atoms with Crippen LogP contribution < -0.4 is 10.1 Å². The number of nitrogens with zero attached hydrogens (tertiary/aromatic N) is 2. The van der Waals surface area contributed by atoms with Crippen molar-refractivity contribution in [1.82, 2.24) is 9.78 Å². The third kappa shape index (κ3) is 4.84. The van der Waals surface area contributed by atoms with E-state index in [-0.39, 0.29) is 29.1 Å². The van der Waals surface area contributed by atoms with Gasteiger partial charge in [-0.2, -0.15) is 5.10 Å².